The number of thioether (sulfide) groups is 1. The smallest absolute Gasteiger partial charge is 0.316 e. The number of hydrogen-bond donors (Lipinski definition) is 1. The van der Waals surface area contributed by atoms with E-state index in [4.69, 9.17) is 4.74 Å². The summed E-state index contributed by atoms with van der Waals surface area (Å²) in [5.74, 6) is -1.85. The molecule has 0 unspecified atom stereocenters. The van der Waals surface area contributed by atoms with Gasteiger partial charge in [0.05, 0.1) is 22.8 Å². The Morgan fingerprint density at radius 2 is 2.08 bits per heavy atom. The van der Waals surface area contributed by atoms with Gasteiger partial charge in [-0.1, -0.05) is 12.1 Å². The van der Waals surface area contributed by atoms with Crippen molar-refractivity contribution in [2.45, 2.75) is 23.8 Å². The normalized spacial score (nSPS) is 22.1. The molecule has 1 saturated heterocycles. The highest BCUT2D eigenvalue weighted by molar-refractivity contribution is 8.00. The number of esters is 1. The minimum Gasteiger partial charge on any atom is -0.455 e. The number of amides is 1. The van der Waals surface area contributed by atoms with Crippen molar-refractivity contribution < 1.29 is 27.1 Å². The lowest BCUT2D eigenvalue weighted by Crippen LogP contribution is -2.48. The van der Waals surface area contributed by atoms with Crippen molar-refractivity contribution >= 4 is 33.5 Å². The van der Waals surface area contributed by atoms with Gasteiger partial charge in [0.2, 0.25) is 0 Å². The van der Waals surface area contributed by atoms with Gasteiger partial charge in [-0.15, -0.1) is 11.8 Å². The molecule has 1 amide bonds. The monoisotopic (exact) mass is 375 g/mol. The summed E-state index contributed by atoms with van der Waals surface area (Å²) in [5.41, 5.74) is -0.829. The minimum atomic E-state index is -3.14. The summed E-state index contributed by atoms with van der Waals surface area (Å²) in [6, 6.07) is 6.03. The number of nitrogens with one attached hydrogen (secondary N) is 1. The summed E-state index contributed by atoms with van der Waals surface area (Å²) >= 11 is 0.978. The number of hydrogen-bond acceptors (Lipinski definition) is 6. The molecule has 1 aromatic rings. The molecule has 24 heavy (non-hydrogen) atoms. The number of rotatable bonds is 6. The Morgan fingerprint density at radius 3 is 2.71 bits per heavy atom. The van der Waals surface area contributed by atoms with Gasteiger partial charge < -0.3 is 10.1 Å². The predicted molar refractivity (Wildman–Crippen MR) is 87.9 cm³/mol. The van der Waals surface area contributed by atoms with E-state index in [1.165, 1.54) is 6.07 Å². The molecule has 0 bridgehead atoms. The van der Waals surface area contributed by atoms with Crippen molar-refractivity contribution in [2.75, 3.05) is 23.9 Å². The third-order valence-corrected chi connectivity index (χ3v) is 6.42. The lowest BCUT2D eigenvalue weighted by Gasteiger charge is -2.23. The molecule has 2 rings (SSSR count). The van der Waals surface area contributed by atoms with E-state index in [1.807, 2.05) is 0 Å². The van der Waals surface area contributed by atoms with Crippen LogP contribution in [0.2, 0.25) is 0 Å². The molecule has 1 atom stereocenters. The number of ether oxygens (including phenoxy) is 1. The molecular weight excluding hydrogens is 357 g/mol. The first kappa shape index (κ1) is 18.7. The average Bonchev–Trinajstić information content (AvgIpc) is 2.77. The van der Waals surface area contributed by atoms with Gasteiger partial charge in [-0.2, -0.15) is 0 Å². The lowest BCUT2D eigenvalue weighted by atomic mass is 10.0. The Kier molecular flexibility index (Phi) is 5.87. The summed E-state index contributed by atoms with van der Waals surface area (Å²) < 4.78 is 41.2. The van der Waals surface area contributed by atoms with Crippen LogP contribution in [-0.2, 0) is 24.2 Å². The SMILES string of the molecule is C[C@]1(NC(=O)COC(=O)CSc2ccccc2F)CCS(=O)(=O)C1. The Morgan fingerprint density at radius 1 is 1.38 bits per heavy atom. The van der Waals surface area contributed by atoms with Crippen molar-refractivity contribution in [1.29, 1.82) is 0 Å². The number of benzene rings is 1. The van der Waals surface area contributed by atoms with Gasteiger partial charge in [0, 0.05) is 4.90 Å². The van der Waals surface area contributed by atoms with E-state index >= 15 is 0 Å². The maximum Gasteiger partial charge on any atom is 0.316 e. The number of carbonyl (C=O) groups excluding carboxylic acids is 2. The van der Waals surface area contributed by atoms with Crippen molar-refractivity contribution in [3.8, 4) is 0 Å². The molecule has 0 spiro atoms. The van der Waals surface area contributed by atoms with Crippen LogP contribution in [0, 0.1) is 5.82 Å². The Balaban J connectivity index is 1.74. The van der Waals surface area contributed by atoms with Crippen LogP contribution in [0.3, 0.4) is 0 Å². The molecule has 0 saturated carbocycles. The summed E-state index contributed by atoms with van der Waals surface area (Å²) in [6.07, 6.45) is 0.332. The fourth-order valence-corrected chi connectivity index (χ4v) is 5.20. The number of carbonyl (C=O) groups is 2. The molecule has 9 heteroatoms. The molecule has 0 radical (unpaired) electrons. The van der Waals surface area contributed by atoms with Crippen molar-refractivity contribution in [2.24, 2.45) is 0 Å². The molecule has 0 aromatic heterocycles. The minimum absolute atomic E-state index is 0.0306. The Labute approximate surface area is 144 Å². The first-order valence-corrected chi connectivity index (χ1v) is 10.0. The van der Waals surface area contributed by atoms with Crippen molar-refractivity contribution in [3.63, 3.8) is 0 Å². The second kappa shape index (κ2) is 7.52. The topological polar surface area (TPSA) is 89.5 Å². The molecule has 1 heterocycles. The number of sulfone groups is 1. The zero-order valence-corrected chi connectivity index (χ0v) is 14.7. The molecule has 1 fully saturated rings. The first-order valence-electron chi connectivity index (χ1n) is 7.24. The zero-order chi connectivity index (χ0) is 17.8. The van der Waals surface area contributed by atoms with E-state index < -0.39 is 39.7 Å². The fraction of sp³-hybridized carbons (Fsp3) is 0.467. The van der Waals surface area contributed by atoms with Crippen molar-refractivity contribution in [3.05, 3.63) is 30.1 Å². The van der Waals surface area contributed by atoms with Gasteiger partial charge in [-0.3, -0.25) is 9.59 Å². The predicted octanol–water partition coefficient (Wildman–Crippen LogP) is 1.15. The van der Waals surface area contributed by atoms with E-state index in [0.29, 0.717) is 11.3 Å². The van der Waals surface area contributed by atoms with Crippen LogP contribution in [0.5, 0.6) is 0 Å². The van der Waals surface area contributed by atoms with Crippen molar-refractivity contribution in [1.82, 2.24) is 5.32 Å². The van der Waals surface area contributed by atoms with Crippen LogP contribution < -0.4 is 5.32 Å². The van der Waals surface area contributed by atoms with Gasteiger partial charge in [0.25, 0.3) is 5.91 Å². The van der Waals surface area contributed by atoms with E-state index in [0.717, 1.165) is 11.8 Å². The van der Waals surface area contributed by atoms with Crippen LogP contribution in [0.15, 0.2) is 29.2 Å². The third-order valence-electron chi connectivity index (χ3n) is 3.49. The molecule has 0 aliphatic carbocycles. The summed E-state index contributed by atoms with van der Waals surface area (Å²) in [4.78, 5) is 23.7. The summed E-state index contributed by atoms with van der Waals surface area (Å²) in [6.45, 7) is 1.15. The summed E-state index contributed by atoms with van der Waals surface area (Å²) in [5, 5.41) is 2.59. The van der Waals surface area contributed by atoms with Gasteiger partial charge in [0.1, 0.15) is 5.82 Å². The molecule has 1 aliphatic rings. The highest BCUT2D eigenvalue weighted by Gasteiger charge is 2.39. The fourth-order valence-electron chi connectivity index (χ4n) is 2.37. The first-order chi connectivity index (χ1) is 11.2. The van der Waals surface area contributed by atoms with Crippen LogP contribution >= 0.6 is 11.8 Å². The molecular formula is C15H18FNO5S2. The van der Waals surface area contributed by atoms with Gasteiger partial charge in [0.15, 0.2) is 16.4 Å². The van der Waals surface area contributed by atoms with E-state index in [-0.39, 0.29) is 17.3 Å². The van der Waals surface area contributed by atoms with Gasteiger partial charge in [-0.05, 0) is 25.5 Å². The van der Waals surface area contributed by atoms with E-state index in [2.05, 4.69) is 5.32 Å². The van der Waals surface area contributed by atoms with Gasteiger partial charge >= 0.3 is 5.97 Å². The summed E-state index contributed by atoms with van der Waals surface area (Å²) in [7, 11) is -3.14. The highest BCUT2D eigenvalue weighted by Crippen LogP contribution is 2.23. The maximum absolute atomic E-state index is 13.4. The highest BCUT2D eigenvalue weighted by atomic mass is 32.2. The third kappa shape index (κ3) is 5.48. The maximum atomic E-state index is 13.4. The average molecular weight is 375 g/mol. The van der Waals surface area contributed by atoms with Crippen LogP contribution in [-0.4, -0.2) is 49.7 Å². The Bertz CT molecular complexity index is 737. The quantitative estimate of drug-likeness (QED) is 0.593. The Hall–Kier alpha value is -1.61. The zero-order valence-electron chi connectivity index (χ0n) is 13.1. The van der Waals surface area contributed by atoms with Gasteiger partial charge in [-0.25, -0.2) is 12.8 Å². The number of halogens is 1. The molecule has 1 aromatic carbocycles. The molecule has 6 nitrogen and oxygen atoms in total. The van der Waals surface area contributed by atoms with Crippen LogP contribution in [0.25, 0.3) is 0 Å². The second-order valence-electron chi connectivity index (χ2n) is 5.83. The lowest BCUT2D eigenvalue weighted by molar-refractivity contribution is -0.146. The molecule has 1 N–H and O–H groups in total. The van der Waals surface area contributed by atoms with E-state index in [1.54, 1.807) is 25.1 Å². The molecule has 1 aliphatic heterocycles. The van der Waals surface area contributed by atoms with E-state index in [9.17, 15) is 22.4 Å². The van der Waals surface area contributed by atoms with Crippen LogP contribution in [0.4, 0.5) is 4.39 Å². The standard InChI is InChI=1S/C15H18FNO5S2/c1-15(6-7-24(20,21)10-15)17-13(18)8-22-14(19)9-23-12-5-3-2-4-11(12)16/h2-5H,6-10H2,1H3,(H,17,18)/t15-/m0/s1. The van der Waals surface area contributed by atoms with Crippen LogP contribution in [0.1, 0.15) is 13.3 Å². The largest absolute Gasteiger partial charge is 0.455 e. The molecule has 132 valence electrons. The second-order valence-corrected chi connectivity index (χ2v) is 9.03.